The number of para-hydroxylation sites is 2. The van der Waals surface area contributed by atoms with E-state index in [0.29, 0.717) is 0 Å². The molecular formula is C48H31NS. The van der Waals surface area contributed by atoms with Gasteiger partial charge in [0.15, 0.2) is 0 Å². The van der Waals surface area contributed by atoms with Crippen molar-refractivity contribution in [3.8, 4) is 48.8 Å². The van der Waals surface area contributed by atoms with E-state index in [0.717, 1.165) is 5.69 Å². The maximum atomic E-state index is 2.39. The van der Waals surface area contributed by atoms with E-state index in [1.54, 1.807) is 0 Å². The Hall–Kier alpha value is -6.22. The van der Waals surface area contributed by atoms with Crippen LogP contribution in [-0.4, -0.2) is 4.57 Å². The van der Waals surface area contributed by atoms with Gasteiger partial charge >= 0.3 is 0 Å². The van der Waals surface area contributed by atoms with Gasteiger partial charge in [0, 0.05) is 26.2 Å². The van der Waals surface area contributed by atoms with Gasteiger partial charge in [-0.2, -0.15) is 0 Å². The van der Waals surface area contributed by atoms with Crippen molar-refractivity contribution in [2.45, 2.75) is 0 Å². The summed E-state index contributed by atoms with van der Waals surface area (Å²) in [5.74, 6) is 0. The number of hydrogen-bond acceptors (Lipinski definition) is 1. The maximum absolute atomic E-state index is 2.39. The predicted octanol–water partition coefficient (Wildman–Crippen LogP) is 13.8. The van der Waals surface area contributed by atoms with Crippen LogP contribution in [0.15, 0.2) is 188 Å². The third kappa shape index (κ3) is 4.61. The van der Waals surface area contributed by atoms with Crippen molar-refractivity contribution in [1.29, 1.82) is 0 Å². The van der Waals surface area contributed by atoms with Crippen molar-refractivity contribution < 1.29 is 0 Å². The molecule has 0 N–H and O–H groups in total. The molecule has 10 aromatic rings. The van der Waals surface area contributed by atoms with Gasteiger partial charge in [-0.05, 0) is 97.4 Å². The summed E-state index contributed by atoms with van der Waals surface area (Å²) in [4.78, 5) is 2.56. The van der Waals surface area contributed by atoms with Crippen LogP contribution in [0.1, 0.15) is 0 Å². The topological polar surface area (TPSA) is 4.93 Å². The molecule has 8 aromatic carbocycles. The molecule has 2 heterocycles. The summed E-state index contributed by atoms with van der Waals surface area (Å²) in [6.45, 7) is 0. The molecular weight excluding hydrogens is 623 g/mol. The van der Waals surface area contributed by atoms with Gasteiger partial charge in [-0.15, -0.1) is 11.3 Å². The summed E-state index contributed by atoms with van der Waals surface area (Å²) >= 11 is 1.85. The first-order valence-corrected chi connectivity index (χ1v) is 17.9. The standard InChI is InChI=1S/C48H31NS/c1-2-13-32(14-3-1)45-29-30-46(50-45)34-15-12-16-35(31-34)48-41-21-6-4-19-39(41)47(40-20-5-7-22-42(40)48)33-25-27-36(28-26-33)49-43-23-10-8-17-37(43)38-18-9-11-24-44(38)49/h1-31H. The fourth-order valence-electron chi connectivity index (χ4n) is 7.81. The lowest BCUT2D eigenvalue weighted by Crippen LogP contribution is -1.94. The van der Waals surface area contributed by atoms with E-state index >= 15 is 0 Å². The Balaban J connectivity index is 1.13. The molecule has 234 valence electrons. The number of fused-ring (bicyclic) bond motifs is 5. The molecule has 0 aliphatic heterocycles. The molecule has 0 atom stereocenters. The van der Waals surface area contributed by atoms with Gasteiger partial charge in [0.25, 0.3) is 0 Å². The summed E-state index contributed by atoms with van der Waals surface area (Å²) in [7, 11) is 0. The quantitative estimate of drug-likeness (QED) is 0.163. The van der Waals surface area contributed by atoms with Crippen LogP contribution in [0.4, 0.5) is 0 Å². The van der Waals surface area contributed by atoms with Crippen molar-refractivity contribution in [2.24, 2.45) is 0 Å². The Morgan fingerprint density at radius 1 is 0.300 bits per heavy atom. The first-order chi connectivity index (χ1) is 24.8. The van der Waals surface area contributed by atoms with Crippen molar-refractivity contribution in [3.05, 3.63) is 188 Å². The zero-order valence-electron chi connectivity index (χ0n) is 27.3. The second-order valence-electron chi connectivity index (χ2n) is 12.9. The summed E-state index contributed by atoms with van der Waals surface area (Å²) in [5.41, 5.74) is 11.1. The highest BCUT2D eigenvalue weighted by molar-refractivity contribution is 7.18. The van der Waals surface area contributed by atoms with Gasteiger partial charge in [0.05, 0.1) is 11.0 Å². The van der Waals surface area contributed by atoms with Gasteiger partial charge in [-0.25, -0.2) is 0 Å². The number of rotatable bonds is 5. The third-order valence-electron chi connectivity index (χ3n) is 10.0. The lowest BCUT2D eigenvalue weighted by Gasteiger charge is -2.18. The smallest absolute Gasteiger partial charge is 0.0541 e. The van der Waals surface area contributed by atoms with Crippen molar-refractivity contribution in [1.82, 2.24) is 4.57 Å². The number of benzene rings is 8. The van der Waals surface area contributed by atoms with Crippen LogP contribution in [0.25, 0.3) is 92.2 Å². The first kappa shape index (κ1) is 28.8. The highest BCUT2D eigenvalue weighted by Gasteiger charge is 2.18. The third-order valence-corrected chi connectivity index (χ3v) is 11.2. The van der Waals surface area contributed by atoms with Gasteiger partial charge < -0.3 is 4.57 Å². The van der Waals surface area contributed by atoms with Crippen molar-refractivity contribution in [3.63, 3.8) is 0 Å². The number of aromatic nitrogens is 1. The number of nitrogens with zero attached hydrogens (tertiary/aromatic N) is 1. The van der Waals surface area contributed by atoms with Crippen molar-refractivity contribution in [2.75, 3.05) is 0 Å². The normalized spacial score (nSPS) is 11.6. The summed E-state index contributed by atoms with van der Waals surface area (Å²) < 4.78 is 2.39. The second-order valence-corrected chi connectivity index (χ2v) is 14.0. The first-order valence-electron chi connectivity index (χ1n) is 17.1. The van der Waals surface area contributed by atoms with E-state index in [1.165, 1.54) is 86.5 Å². The Morgan fingerprint density at radius 2 is 0.740 bits per heavy atom. The summed E-state index contributed by atoms with van der Waals surface area (Å²) in [6.07, 6.45) is 0. The minimum atomic E-state index is 1.16. The number of hydrogen-bond donors (Lipinski definition) is 0. The molecule has 0 unspecified atom stereocenters. The molecule has 2 heteroatoms. The fraction of sp³-hybridized carbons (Fsp3) is 0. The van der Waals surface area contributed by atoms with E-state index in [9.17, 15) is 0 Å². The molecule has 50 heavy (non-hydrogen) atoms. The van der Waals surface area contributed by atoms with Gasteiger partial charge in [0.1, 0.15) is 0 Å². The molecule has 0 aliphatic rings. The second kappa shape index (κ2) is 11.7. The van der Waals surface area contributed by atoms with Crippen LogP contribution in [0, 0.1) is 0 Å². The lowest BCUT2D eigenvalue weighted by atomic mass is 9.85. The van der Waals surface area contributed by atoms with Crippen LogP contribution in [0.2, 0.25) is 0 Å². The van der Waals surface area contributed by atoms with E-state index in [1.807, 2.05) is 11.3 Å². The van der Waals surface area contributed by atoms with Crippen LogP contribution < -0.4 is 0 Å². The average Bonchev–Trinajstić information content (AvgIpc) is 3.82. The minimum Gasteiger partial charge on any atom is -0.309 e. The lowest BCUT2D eigenvalue weighted by molar-refractivity contribution is 1.18. The van der Waals surface area contributed by atoms with Crippen LogP contribution in [-0.2, 0) is 0 Å². The van der Waals surface area contributed by atoms with Gasteiger partial charge in [-0.3, -0.25) is 0 Å². The monoisotopic (exact) mass is 653 g/mol. The van der Waals surface area contributed by atoms with E-state index in [-0.39, 0.29) is 0 Å². The SMILES string of the molecule is c1ccc(-c2ccc(-c3cccc(-c4c5ccccc5c(-c5ccc(-n6c7ccccc7c7ccccc76)cc5)c5ccccc45)c3)s2)cc1. The summed E-state index contributed by atoms with van der Waals surface area (Å²) in [5, 5.41) is 7.61. The van der Waals surface area contributed by atoms with Crippen LogP contribution in [0.5, 0.6) is 0 Å². The van der Waals surface area contributed by atoms with E-state index in [4.69, 9.17) is 0 Å². The predicted molar refractivity (Wildman–Crippen MR) is 215 cm³/mol. The molecule has 1 nitrogen and oxygen atoms in total. The fourth-order valence-corrected chi connectivity index (χ4v) is 8.81. The Kier molecular flexibility index (Phi) is 6.75. The van der Waals surface area contributed by atoms with E-state index < -0.39 is 0 Å². The molecule has 0 aliphatic carbocycles. The van der Waals surface area contributed by atoms with E-state index in [2.05, 4.69) is 193 Å². The molecule has 0 fully saturated rings. The Morgan fingerprint density at radius 3 is 1.32 bits per heavy atom. The molecule has 0 saturated heterocycles. The molecule has 10 rings (SSSR count). The number of thiophene rings is 1. The minimum absolute atomic E-state index is 1.16. The molecule has 2 aromatic heterocycles. The molecule has 0 spiro atoms. The van der Waals surface area contributed by atoms with Crippen LogP contribution in [0.3, 0.4) is 0 Å². The summed E-state index contributed by atoms with van der Waals surface area (Å²) in [6, 6.07) is 68.6. The molecule has 0 amide bonds. The average molecular weight is 654 g/mol. The Labute approximate surface area is 295 Å². The maximum Gasteiger partial charge on any atom is 0.0541 e. The van der Waals surface area contributed by atoms with Gasteiger partial charge in [0.2, 0.25) is 0 Å². The van der Waals surface area contributed by atoms with Crippen molar-refractivity contribution >= 4 is 54.7 Å². The Bertz CT molecular complexity index is 2740. The van der Waals surface area contributed by atoms with Gasteiger partial charge in [-0.1, -0.05) is 146 Å². The van der Waals surface area contributed by atoms with Crippen LogP contribution >= 0.6 is 11.3 Å². The molecule has 0 saturated carbocycles. The zero-order valence-corrected chi connectivity index (χ0v) is 28.1. The molecule has 0 bridgehead atoms. The zero-order chi connectivity index (χ0) is 33.0. The largest absolute Gasteiger partial charge is 0.309 e. The highest BCUT2D eigenvalue weighted by atomic mass is 32.1. The highest BCUT2D eigenvalue weighted by Crippen LogP contribution is 2.45. The molecule has 0 radical (unpaired) electrons.